The molecule has 0 spiro atoms. The molecule has 6 heteroatoms. The standard InChI is InChI=1S/C14H18N4OS/c1-18(8-13-9-20-10-16-13)7-6-14(19)17-12-4-2-11(15)3-5-12/h2-5,9-10H,6-8,15H2,1H3,(H,17,19). The molecule has 3 N–H and O–H groups in total. The van der Waals surface area contributed by atoms with Crippen LogP contribution in [0.1, 0.15) is 12.1 Å². The number of hydrogen-bond acceptors (Lipinski definition) is 5. The van der Waals surface area contributed by atoms with Crippen molar-refractivity contribution in [1.82, 2.24) is 9.88 Å². The summed E-state index contributed by atoms with van der Waals surface area (Å²) in [5.74, 6) is -0.0000933. The van der Waals surface area contributed by atoms with E-state index in [2.05, 4.69) is 15.2 Å². The zero-order valence-corrected chi connectivity index (χ0v) is 12.2. The zero-order chi connectivity index (χ0) is 14.4. The molecule has 0 fully saturated rings. The molecule has 0 aliphatic rings. The Hall–Kier alpha value is -1.92. The quantitative estimate of drug-likeness (QED) is 0.800. The molecule has 0 atom stereocenters. The molecule has 0 radical (unpaired) electrons. The van der Waals surface area contributed by atoms with Crippen LogP contribution in [0.15, 0.2) is 35.2 Å². The third-order valence-corrected chi connectivity index (χ3v) is 3.47. The van der Waals surface area contributed by atoms with Crippen molar-refractivity contribution >= 4 is 28.6 Å². The summed E-state index contributed by atoms with van der Waals surface area (Å²) in [6.07, 6.45) is 0.449. The van der Waals surface area contributed by atoms with Gasteiger partial charge in [-0.1, -0.05) is 0 Å². The Morgan fingerprint density at radius 1 is 1.40 bits per heavy atom. The van der Waals surface area contributed by atoms with E-state index in [0.717, 1.165) is 17.9 Å². The van der Waals surface area contributed by atoms with Crippen LogP contribution in [0, 0.1) is 0 Å². The monoisotopic (exact) mass is 290 g/mol. The van der Waals surface area contributed by atoms with Gasteiger partial charge >= 0.3 is 0 Å². The fraction of sp³-hybridized carbons (Fsp3) is 0.286. The highest BCUT2D eigenvalue weighted by Gasteiger charge is 2.06. The number of carbonyl (C=O) groups excluding carboxylic acids is 1. The maximum Gasteiger partial charge on any atom is 0.225 e. The second-order valence-corrected chi connectivity index (χ2v) is 5.36. The van der Waals surface area contributed by atoms with Crippen LogP contribution in [0.3, 0.4) is 0 Å². The Bertz CT molecular complexity index is 539. The number of nitrogens with one attached hydrogen (secondary N) is 1. The van der Waals surface area contributed by atoms with Crippen LogP contribution in [-0.2, 0) is 11.3 Å². The Morgan fingerprint density at radius 2 is 2.15 bits per heavy atom. The lowest BCUT2D eigenvalue weighted by molar-refractivity contribution is -0.116. The number of nitrogen functional groups attached to an aromatic ring is 1. The summed E-state index contributed by atoms with van der Waals surface area (Å²) < 4.78 is 0. The molecular weight excluding hydrogens is 272 g/mol. The molecule has 2 aromatic rings. The normalized spacial score (nSPS) is 10.7. The Labute approximate surface area is 122 Å². The first-order valence-electron chi connectivity index (χ1n) is 6.34. The van der Waals surface area contributed by atoms with E-state index in [4.69, 9.17) is 5.73 Å². The Balaban J connectivity index is 1.73. The van der Waals surface area contributed by atoms with Crippen molar-refractivity contribution in [2.24, 2.45) is 0 Å². The van der Waals surface area contributed by atoms with Crippen LogP contribution in [0.25, 0.3) is 0 Å². The van der Waals surface area contributed by atoms with Crippen molar-refractivity contribution < 1.29 is 4.79 Å². The maximum atomic E-state index is 11.8. The third kappa shape index (κ3) is 4.64. The number of nitrogens with zero attached hydrogens (tertiary/aromatic N) is 2. The SMILES string of the molecule is CN(CCC(=O)Nc1ccc(N)cc1)Cc1cscn1. The molecule has 1 aromatic carbocycles. The van der Waals surface area contributed by atoms with Gasteiger partial charge in [-0.25, -0.2) is 4.98 Å². The Kier molecular flexibility index (Phi) is 5.09. The molecule has 0 saturated heterocycles. The summed E-state index contributed by atoms with van der Waals surface area (Å²) in [6, 6.07) is 7.13. The van der Waals surface area contributed by atoms with Crippen LogP contribution in [0.2, 0.25) is 0 Å². The van der Waals surface area contributed by atoms with Crippen molar-refractivity contribution in [2.45, 2.75) is 13.0 Å². The van der Waals surface area contributed by atoms with Gasteiger partial charge in [0.1, 0.15) is 0 Å². The number of carbonyl (C=O) groups is 1. The van der Waals surface area contributed by atoms with Gasteiger partial charge < -0.3 is 16.0 Å². The van der Waals surface area contributed by atoms with Crippen LogP contribution in [-0.4, -0.2) is 29.4 Å². The average molecular weight is 290 g/mol. The number of nitrogens with two attached hydrogens (primary N) is 1. The average Bonchev–Trinajstić information content (AvgIpc) is 2.92. The smallest absolute Gasteiger partial charge is 0.225 e. The van der Waals surface area contributed by atoms with Crippen LogP contribution in [0.4, 0.5) is 11.4 Å². The largest absolute Gasteiger partial charge is 0.399 e. The number of anilines is 2. The molecular formula is C14H18N4OS. The molecule has 1 amide bonds. The number of thiazole rings is 1. The number of benzene rings is 1. The summed E-state index contributed by atoms with van der Waals surface area (Å²) in [4.78, 5) is 18.1. The van der Waals surface area contributed by atoms with Gasteiger partial charge in [0.05, 0.1) is 11.2 Å². The highest BCUT2D eigenvalue weighted by Crippen LogP contribution is 2.11. The molecule has 1 aromatic heterocycles. The molecule has 2 rings (SSSR count). The lowest BCUT2D eigenvalue weighted by Gasteiger charge is -2.14. The molecule has 0 bridgehead atoms. The lowest BCUT2D eigenvalue weighted by Crippen LogP contribution is -2.24. The summed E-state index contributed by atoms with van der Waals surface area (Å²) in [7, 11) is 1.98. The van der Waals surface area contributed by atoms with E-state index < -0.39 is 0 Å². The van der Waals surface area contributed by atoms with E-state index in [1.54, 1.807) is 35.6 Å². The number of hydrogen-bond donors (Lipinski definition) is 2. The van der Waals surface area contributed by atoms with Gasteiger partial charge in [0.25, 0.3) is 0 Å². The van der Waals surface area contributed by atoms with Crippen molar-refractivity contribution in [3.05, 3.63) is 40.8 Å². The van der Waals surface area contributed by atoms with Crippen LogP contribution >= 0.6 is 11.3 Å². The summed E-state index contributed by atoms with van der Waals surface area (Å²) in [5, 5.41) is 4.87. The number of amides is 1. The second kappa shape index (κ2) is 7.02. The van der Waals surface area contributed by atoms with Gasteiger partial charge in [0.15, 0.2) is 0 Å². The fourth-order valence-electron chi connectivity index (χ4n) is 1.75. The van der Waals surface area contributed by atoms with Crippen molar-refractivity contribution in [3.63, 3.8) is 0 Å². The first kappa shape index (κ1) is 14.5. The van der Waals surface area contributed by atoms with Gasteiger partial charge in [0.2, 0.25) is 5.91 Å². The molecule has 106 valence electrons. The molecule has 0 unspecified atom stereocenters. The van der Waals surface area contributed by atoms with Crippen LogP contribution in [0.5, 0.6) is 0 Å². The van der Waals surface area contributed by atoms with E-state index >= 15 is 0 Å². The Morgan fingerprint density at radius 3 is 2.80 bits per heavy atom. The van der Waals surface area contributed by atoms with Crippen molar-refractivity contribution in [2.75, 3.05) is 24.6 Å². The summed E-state index contributed by atoms with van der Waals surface area (Å²) in [6.45, 7) is 1.46. The van der Waals surface area contributed by atoms with E-state index in [0.29, 0.717) is 18.7 Å². The lowest BCUT2D eigenvalue weighted by atomic mass is 10.2. The highest BCUT2D eigenvalue weighted by atomic mass is 32.1. The highest BCUT2D eigenvalue weighted by molar-refractivity contribution is 7.07. The fourth-order valence-corrected chi connectivity index (χ4v) is 2.30. The minimum Gasteiger partial charge on any atom is -0.399 e. The number of rotatable bonds is 6. The van der Waals surface area contributed by atoms with Gasteiger partial charge in [-0.2, -0.15) is 0 Å². The van der Waals surface area contributed by atoms with E-state index in [9.17, 15) is 4.79 Å². The second-order valence-electron chi connectivity index (χ2n) is 4.64. The zero-order valence-electron chi connectivity index (χ0n) is 11.4. The predicted molar refractivity (Wildman–Crippen MR) is 82.5 cm³/mol. The first-order valence-corrected chi connectivity index (χ1v) is 7.29. The van der Waals surface area contributed by atoms with Crippen molar-refractivity contribution in [1.29, 1.82) is 0 Å². The summed E-state index contributed by atoms with van der Waals surface area (Å²) in [5.41, 5.74) is 9.91. The van der Waals surface area contributed by atoms with E-state index in [-0.39, 0.29) is 5.91 Å². The predicted octanol–water partition coefficient (Wildman–Crippen LogP) is 2.19. The maximum absolute atomic E-state index is 11.8. The molecule has 1 heterocycles. The molecule has 0 aliphatic heterocycles. The van der Waals surface area contributed by atoms with Gasteiger partial charge in [-0.3, -0.25) is 4.79 Å². The molecule has 20 heavy (non-hydrogen) atoms. The van der Waals surface area contributed by atoms with Crippen LogP contribution < -0.4 is 11.1 Å². The van der Waals surface area contributed by atoms with Gasteiger partial charge in [-0.05, 0) is 31.3 Å². The first-order chi connectivity index (χ1) is 9.63. The molecule has 0 aliphatic carbocycles. The minimum absolute atomic E-state index is 0.0000933. The molecule has 5 nitrogen and oxygen atoms in total. The molecule has 0 saturated carbocycles. The minimum atomic E-state index is -0.0000933. The third-order valence-electron chi connectivity index (χ3n) is 2.83. The van der Waals surface area contributed by atoms with E-state index in [1.165, 1.54) is 0 Å². The number of aromatic nitrogens is 1. The van der Waals surface area contributed by atoms with Gasteiger partial charge in [0, 0.05) is 36.3 Å². The summed E-state index contributed by atoms with van der Waals surface area (Å²) >= 11 is 1.58. The van der Waals surface area contributed by atoms with Crippen molar-refractivity contribution in [3.8, 4) is 0 Å². The van der Waals surface area contributed by atoms with E-state index in [1.807, 2.05) is 17.9 Å². The van der Waals surface area contributed by atoms with Gasteiger partial charge in [-0.15, -0.1) is 11.3 Å². The topological polar surface area (TPSA) is 71.2 Å².